The first-order valence-electron chi connectivity index (χ1n) is 8.57. The van der Waals surface area contributed by atoms with E-state index in [2.05, 4.69) is 20.3 Å². The van der Waals surface area contributed by atoms with Crippen LogP contribution in [0.3, 0.4) is 0 Å². The van der Waals surface area contributed by atoms with E-state index in [1.807, 2.05) is 54.1 Å². The van der Waals surface area contributed by atoms with Crippen LogP contribution in [0.25, 0.3) is 22.1 Å². The number of carbonyl (C=O) groups is 1. The number of imidazole rings is 2. The third kappa shape index (κ3) is 3.48. The smallest absolute Gasteiger partial charge is 0.244 e. The summed E-state index contributed by atoms with van der Waals surface area (Å²) in [4.78, 5) is 25.5. The van der Waals surface area contributed by atoms with E-state index in [0.29, 0.717) is 10.8 Å². The third-order valence-corrected chi connectivity index (χ3v) is 5.35. The van der Waals surface area contributed by atoms with Crippen LogP contribution in [0.1, 0.15) is 31.4 Å². The van der Waals surface area contributed by atoms with Gasteiger partial charge in [0.15, 0.2) is 10.1 Å². The number of halogens is 1. The molecule has 8 heteroatoms. The summed E-state index contributed by atoms with van der Waals surface area (Å²) in [6.45, 7) is 4.09. The lowest BCUT2D eigenvalue weighted by Gasteiger charge is -2.19. The van der Waals surface area contributed by atoms with Crippen LogP contribution in [0.2, 0.25) is 5.15 Å². The van der Waals surface area contributed by atoms with Gasteiger partial charge in [-0.05, 0) is 24.1 Å². The Kier molecular flexibility index (Phi) is 4.72. The van der Waals surface area contributed by atoms with Gasteiger partial charge in [-0.25, -0.2) is 9.97 Å². The highest BCUT2D eigenvalue weighted by molar-refractivity contribution is 7.15. The molecule has 1 aromatic carbocycles. The molecule has 3 aromatic heterocycles. The first-order valence-corrected chi connectivity index (χ1v) is 9.83. The van der Waals surface area contributed by atoms with Crippen molar-refractivity contribution in [2.45, 2.75) is 19.9 Å². The predicted molar refractivity (Wildman–Crippen MR) is 109 cm³/mol. The molecule has 4 rings (SSSR count). The number of hydrogen-bond acceptors (Lipinski definition) is 4. The predicted octanol–water partition coefficient (Wildman–Crippen LogP) is 4.45. The van der Waals surface area contributed by atoms with Gasteiger partial charge >= 0.3 is 0 Å². The molecule has 4 aromatic rings. The van der Waals surface area contributed by atoms with Crippen LogP contribution in [0.15, 0.2) is 41.9 Å². The number of hydrogen-bond donors (Lipinski definition) is 2. The number of thiazole rings is 1. The van der Waals surface area contributed by atoms with Crippen LogP contribution in [0, 0.1) is 5.92 Å². The molecule has 138 valence electrons. The van der Waals surface area contributed by atoms with E-state index in [1.54, 1.807) is 6.08 Å². The van der Waals surface area contributed by atoms with E-state index in [4.69, 9.17) is 11.6 Å². The quantitative estimate of drug-likeness (QED) is 0.487. The molecule has 0 saturated carbocycles. The minimum Gasteiger partial charge on any atom is -0.342 e. The van der Waals surface area contributed by atoms with Gasteiger partial charge in [0.2, 0.25) is 5.91 Å². The van der Waals surface area contributed by atoms with Gasteiger partial charge in [-0.1, -0.05) is 37.6 Å². The van der Waals surface area contributed by atoms with E-state index in [1.165, 1.54) is 17.4 Å². The molecule has 1 atom stereocenters. The maximum Gasteiger partial charge on any atom is 0.244 e. The zero-order valence-electron chi connectivity index (χ0n) is 14.8. The number of H-pyrrole nitrogens is 1. The van der Waals surface area contributed by atoms with Gasteiger partial charge in [0.05, 0.1) is 22.8 Å². The fourth-order valence-electron chi connectivity index (χ4n) is 2.95. The zero-order valence-corrected chi connectivity index (χ0v) is 16.4. The Morgan fingerprint density at radius 2 is 2.15 bits per heavy atom. The molecule has 27 heavy (non-hydrogen) atoms. The van der Waals surface area contributed by atoms with E-state index >= 15 is 0 Å². The van der Waals surface area contributed by atoms with Gasteiger partial charge in [0, 0.05) is 17.7 Å². The Hall–Kier alpha value is -2.64. The van der Waals surface area contributed by atoms with E-state index in [9.17, 15) is 4.79 Å². The molecule has 0 fully saturated rings. The number of rotatable bonds is 5. The molecule has 0 aliphatic rings. The summed E-state index contributed by atoms with van der Waals surface area (Å²) >= 11 is 7.66. The van der Waals surface area contributed by atoms with Gasteiger partial charge < -0.3 is 10.3 Å². The average Bonchev–Trinajstić information content (AvgIpc) is 3.32. The van der Waals surface area contributed by atoms with Crippen molar-refractivity contribution in [3.8, 4) is 0 Å². The Morgan fingerprint density at radius 1 is 1.33 bits per heavy atom. The number of benzene rings is 1. The van der Waals surface area contributed by atoms with Gasteiger partial charge in [-0.2, -0.15) is 0 Å². The van der Waals surface area contributed by atoms with E-state index in [-0.39, 0.29) is 17.9 Å². The molecule has 1 unspecified atom stereocenters. The second-order valence-electron chi connectivity index (χ2n) is 6.55. The molecule has 0 aliphatic carbocycles. The number of nitrogens with zero attached hydrogens (tertiary/aromatic N) is 3. The van der Waals surface area contributed by atoms with E-state index < -0.39 is 0 Å². The van der Waals surface area contributed by atoms with Gasteiger partial charge in [0.1, 0.15) is 5.82 Å². The normalized spacial score (nSPS) is 13.2. The van der Waals surface area contributed by atoms with Crippen LogP contribution < -0.4 is 5.32 Å². The molecule has 3 heterocycles. The van der Waals surface area contributed by atoms with Crippen molar-refractivity contribution in [2.24, 2.45) is 5.92 Å². The molecule has 6 nitrogen and oxygen atoms in total. The minimum absolute atomic E-state index is 0.171. The number of nitrogens with one attached hydrogen (secondary N) is 2. The van der Waals surface area contributed by atoms with Crippen LogP contribution in [-0.2, 0) is 4.79 Å². The number of fused-ring (bicyclic) bond motifs is 2. The summed E-state index contributed by atoms with van der Waals surface area (Å²) in [5, 5.41) is 5.33. The van der Waals surface area contributed by atoms with Crippen molar-refractivity contribution in [3.05, 3.63) is 58.6 Å². The van der Waals surface area contributed by atoms with Crippen LogP contribution in [0.4, 0.5) is 0 Å². The van der Waals surface area contributed by atoms with Crippen LogP contribution >= 0.6 is 22.9 Å². The average molecular weight is 400 g/mol. The molecule has 0 radical (unpaired) electrons. The summed E-state index contributed by atoms with van der Waals surface area (Å²) in [5.74, 6) is 0.705. The SMILES string of the molecule is CC(C)C(NC(=O)/C=C/c1c(Cl)nc2sccn12)c1nc2ccccc2[nH]1. The van der Waals surface area contributed by atoms with Gasteiger partial charge in [-0.15, -0.1) is 11.3 Å². The highest BCUT2D eigenvalue weighted by atomic mass is 35.5. The van der Waals surface area contributed by atoms with Gasteiger partial charge in [-0.3, -0.25) is 9.20 Å². The Balaban J connectivity index is 1.55. The van der Waals surface area contributed by atoms with Crippen molar-refractivity contribution >= 4 is 50.9 Å². The summed E-state index contributed by atoms with van der Waals surface area (Å²) in [7, 11) is 0. The second kappa shape index (κ2) is 7.17. The summed E-state index contributed by atoms with van der Waals surface area (Å²) in [6.07, 6.45) is 5.03. The van der Waals surface area contributed by atoms with Crippen molar-refractivity contribution in [3.63, 3.8) is 0 Å². The van der Waals surface area contributed by atoms with Gasteiger partial charge in [0.25, 0.3) is 0 Å². The summed E-state index contributed by atoms with van der Waals surface area (Å²) in [5.41, 5.74) is 2.52. The second-order valence-corrected chi connectivity index (χ2v) is 7.78. The molecule has 2 N–H and O–H groups in total. The lowest BCUT2D eigenvalue weighted by Crippen LogP contribution is -2.31. The summed E-state index contributed by atoms with van der Waals surface area (Å²) in [6, 6.07) is 7.59. The topological polar surface area (TPSA) is 75.1 Å². The fourth-order valence-corrected chi connectivity index (χ4v) is 3.96. The molecule has 0 saturated heterocycles. The number of para-hydroxylation sites is 2. The third-order valence-electron chi connectivity index (χ3n) is 4.31. The molecular formula is C19H18ClN5OS. The maximum absolute atomic E-state index is 12.5. The number of carbonyl (C=O) groups excluding carboxylic acids is 1. The van der Waals surface area contributed by atoms with Crippen molar-refractivity contribution in [1.29, 1.82) is 0 Å². The number of amides is 1. The largest absolute Gasteiger partial charge is 0.342 e. The number of aromatic amines is 1. The van der Waals surface area contributed by atoms with Crippen molar-refractivity contribution in [1.82, 2.24) is 24.7 Å². The monoisotopic (exact) mass is 399 g/mol. The lowest BCUT2D eigenvalue weighted by molar-refractivity contribution is -0.117. The minimum atomic E-state index is -0.225. The maximum atomic E-state index is 12.5. The number of aromatic nitrogens is 4. The van der Waals surface area contributed by atoms with Crippen molar-refractivity contribution in [2.75, 3.05) is 0 Å². The van der Waals surface area contributed by atoms with Crippen molar-refractivity contribution < 1.29 is 4.79 Å². The zero-order chi connectivity index (χ0) is 19.0. The standard InChI is InChI=1S/C19H18ClN5OS/c1-11(2)16(18-21-12-5-3-4-6-13(12)22-18)23-15(26)8-7-14-17(20)24-19-25(14)9-10-27-19/h3-11,16H,1-2H3,(H,21,22)(H,23,26)/b8-7+. The molecule has 0 bridgehead atoms. The first-order chi connectivity index (χ1) is 13.0. The molecular weight excluding hydrogens is 382 g/mol. The Morgan fingerprint density at radius 3 is 2.93 bits per heavy atom. The fraction of sp³-hybridized carbons (Fsp3) is 0.211. The molecule has 1 amide bonds. The highest BCUT2D eigenvalue weighted by Crippen LogP contribution is 2.24. The van der Waals surface area contributed by atoms with Crippen LogP contribution in [0.5, 0.6) is 0 Å². The van der Waals surface area contributed by atoms with E-state index in [0.717, 1.165) is 21.8 Å². The Labute approximate surface area is 164 Å². The Bertz CT molecular complexity index is 1110. The lowest BCUT2D eigenvalue weighted by atomic mass is 10.0. The first kappa shape index (κ1) is 17.8. The molecule has 0 spiro atoms. The highest BCUT2D eigenvalue weighted by Gasteiger charge is 2.21. The van der Waals surface area contributed by atoms with Crippen LogP contribution in [-0.4, -0.2) is 25.3 Å². The molecule has 0 aliphatic heterocycles. The summed E-state index contributed by atoms with van der Waals surface area (Å²) < 4.78 is 1.86.